The molecule has 0 fully saturated rings. The summed E-state index contributed by atoms with van der Waals surface area (Å²) in [6.07, 6.45) is 1.73. The number of hydrogen-bond donors (Lipinski definition) is 1. The second-order valence-corrected chi connectivity index (χ2v) is 6.49. The molecular formula is C19H22N4O. The molecule has 0 unspecified atom stereocenters. The lowest BCUT2D eigenvalue weighted by Gasteiger charge is -2.12. The molecule has 24 heavy (non-hydrogen) atoms. The third-order valence-corrected chi connectivity index (χ3v) is 3.94. The highest BCUT2D eigenvalue weighted by Gasteiger charge is 2.19. The van der Waals surface area contributed by atoms with Crippen LogP contribution in [0.3, 0.4) is 0 Å². The Balaban J connectivity index is 2.10. The van der Waals surface area contributed by atoms with Crippen molar-refractivity contribution in [1.82, 2.24) is 14.8 Å². The topological polar surface area (TPSA) is 59.8 Å². The van der Waals surface area contributed by atoms with E-state index in [9.17, 15) is 4.79 Å². The fourth-order valence-corrected chi connectivity index (χ4v) is 2.62. The van der Waals surface area contributed by atoms with Crippen LogP contribution in [0.4, 0.5) is 5.69 Å². The molecule has 0 aliphatic heterocycles. The number of nitrogens with zero attached hydrogens (tertiary/aromatic N) is 3. The number of pyridine rings is 1. The van der Waals surface area contributed by atoms with E-state index in [0.29, 0.717) is 5.56 Å². The predicted octanol–water partition coefficient (Wildman–Crippen LogP) is 4.39. The lowest BCUT2D eigenvalue weighted by atomic mass is 10.0. The summed E-state index contributed by atoms with van der Waals surface area (Å²) in [4.78, 5) is 17.5. The van der Waals surface area contributed by atoms with Gasteiger partial charge < -0.3 is 5.32 Å². The zero-order chi connectivity index (χ0) is 17.3. The molecule has 0 spiro atoms. The smallest absolute Gasteiger partial charge is 0.256 e. The summed E-state index contributed by atoms with van der Waals surface area (Å²) < 4.78 is 1.86. The molecule has 5 nitrogen and oxygen atoms in total. The molecule has 2 aromatic heterocycles. The first-order valence-corrected chi connectivity index (χ1v) is 8.22. The minimum absolute atomic E-state index is 0.140. The first kappa shape index (κ1) is 16.2. The Labute approximate surface area is 141 Å². The van der Waals surface area contributed by atoms with Crippen LogP contribution >= 0.6 is 0 Å². The summed E-state index contributed by atoms with van der Waals surface area (Å²) in [6.45, 7) is 8.26. The van der Waals surface area contributed by atoms with Crippen LogP contribution in [0.5, 0.6) is 0 Å². The van der Waals surface area contributed by atoms with Gasteiger partial charge in [0.1, 0.15) is 0 Å². The number of hydrogen-bond acceptors (Lipinski definition) is 3. The van der Waals surface area contributed by atoms with Crippen molar-refractivity contribution in [2.75, 3.05) is 5.32 Å². The van der Waals surface area contributed by atoms with Crippen LogP contribution < -0.4 is 5.32 Å². The van der Waals surface area contributed by atoms with Crippen LogP contribution in [-0.4, -0.2) is 20.7 Å². The molecule has 3 aromatic rings. The number of rotatable bonds is 4. The summed E-state index contributed by atoms with van der Waals surface area (Å²) in [5.41, 5.74) is 3.03. The molecule has 0 saturated carbocycles. The molecular weight excluding hydrogens is 300 g/mol. The average Bonchev–Trinajstić information content (AvgIpc) is 2.98. The van der Waals surface area contributed by atoms with Gasteiger partial charge in [0.15, 0.2) is 5.65 Å². The molecule has 1 N–H and O–H groups in total. The van der Waals surface area contributed by atoms with E-state index in [1.54, 1.807) is 6.20 Å². The number of amides is 1. The summed E-state index contributed by atoms with van der Waals surface area (Å²) in [5, 5.41) is 8.15. The Morgan fingerprint density at radius 2 is 1.83 bits per heavy atom. The maximum Gasteiger partial charge on any atom is 0.256 e. The van der Waals surface area contributed by atoms with Crippen molar-refractivity contribution in [3.8, 4) is 0 Å². The predicted molar refractivity (Wildman–Crippen MR) is 96.4 cm³/mol. The minimum Gasteiger partial charge on any atom is -0.322 e. The van der Waals surface area contributed by atoms with Crippen molar-refractivity contribution in [1.29, 1.82) is 0 Å². The first-order chi connectivity index (χ1) is 11.5. The number of carbonyl (C=O) groups excluding carboxylic acids is 1. The highest BCUT2D eigenvalue weighted by atomic mass is 16.1. The lowest BCUT2D eigenvalue weighted by molar-refractivity contribution is 0.102. The third-order valence-electron chi connectivity index (χ3n) is 3.94. The van der Waals surface area contributed by atoms with Crippen molar-refractivity contribution >= 4 is 22.6 Å². The second kappa shape index (κ2) is 6.43. The maximum absolute atomic E-state index is 12.8. The Morgan fingerprint density at radius 3 is 2.46 bits per heavy atom. The minimum atomic E-state index is -0.140. The van der Waals surface area contributed by atoms with Crippen LogP contribution in [-0.2, 0) is 0 Å². The summed E-state index contributed by atoms with van der Waals surface area (Å²) in [6, 6.07) is 11.5. The highest BCUT2D eigenvalue weighted by molar-refractivity contribution is 6.12. The zero-order valence-corrected chi connectivity index (χ0v) is 14.4. The quantitative estimate of drug-likeness (QED) is 0.775. The van der Waals surface area contributed by atoms with Crippen LogP contribution in [0.15, 0.2) is 42.6 Å². The molecule has 0 bridgehead atoms. The van der Waals surface area contributed by atoms with Crippen LogP contribution in [0.25, 0.3) is 11.0 Å². The fourth-order valence-electron chi connectivity index (χ4n) is 2.62. The second-order valence-electron chi connectivity index (χ2n) is 6.49. The standard InChI is InChI=1S/C19H22N4O/c1-12(2)17-10-15(19(24)21-14-8-6-5-7-9-14)16-11-20-23(13(3)4)18(16)22-17/h5-13H,1-4H3,(H,21,24). The molecule has 1 aromatic carbocycles. The van der Waals surface area contributed by atoms with E-state index in [0.717, 1.165) is 22.4 Å². The van der Waals surface area contributed by atoms with Crippen LogP contribution in [0.1, 0.15) is 55.7 Å². The van der Waals surface area contributed by atoms with Crippen molar-refractivity contribution in [3.05, 3.63) is 53.9 Å². The van der Waals surface area contributed by atoms with Gasteiger partial charge in [0.05, 0.1) is 17.1 Å². The first-order valence-electron chi connectivity index (χ1n) is 8.22. The Hall–Kier alpha value is -2.69. The number of anilines is 1. The number of nitrogens with one attached hydrogen (secondary N) is 1. The van der Waals surface area contributed by atoms with Crippen molar-refractivity contribution < 1.29 is 4.79 Å². The van der Waals surface area contributed by atoms with E-state index in [1.807, 2.05) is 41.1 Å². The molecule has 124 valence electrons. The van der Waals surface area contributed by atoms with Gasteiger partial charge in [-0.15, -0.1) is 0 Å². The Kier molecular flexibility index (Phi) is 4.34. The van der Waals surface area contributed by atoms with Crippen molar-refractivity contribution in [2.45, 2.75) is 39.7 Å². The van der Waals surface area contributed by atoms with Gasteiger partial charge in [-0.2, -0.15) is 5.10 Å². The molecule has 0 saturated heterocycles. The fraction of sp³-hybridized carbons (Fsp3) is 0.316. The molecule has 2 heterocycles. The van der Waals surface area contributed by atoms with E-state index < -0.39 is 0 Å². The van der Waals surface area contributed by atoms with Gasteiger partial charge in [-0.25, -0.2) is 9.67 Å². The van der Waals surface area contributed by atoms with Gasteiger partial charge >= 0.3 is 0 Å². The number of fused-ring (bicyclic) bond motifs is 1. The summed E-state index contributed by atoms with van der Waals surface area (Å²) in [5.74, 6) is 0.0898. The Bertz CT molecular complexity index is 866. The van der Waals surface area contributed by atoms with Gasteiger partial charge in [0, 0.05) is 17.4 Å². The van der Waals surface area contributed by atoms with Gasteiger partial charge in [-0.3, -0.25) is 4.79 Å². The van der Waals surface area contributed by atoms with Gasteiger partial charge in [-0.05, 0) is 38.0 Å². The molecule has 0 atom stereocenters. The van der Waals surface area contributed by atoms with E-state index >= 15 is 0 Å². The van der Waals surface area contributed by atoms with Crippen LogP contribution in [0, 0.1) is 0 Å². The molecule has 0 radical (unpaired) electrons. The van der Waals surface area contributed by atoms with Crippen molar-refractivity contribution in [2.24, 2.45) is 0 Å². The number of benzene rings is 1. The molecule has 5 heteroatoms. The normalized spacial score (nSPS) is 11.4. The van der Waals surface area contributed by atoms with E-state index in [2.05, 4.69) is 38.1 Å². The van der Waals surface area contributed by atoms with Gasteiger partial charge in [0.2, 0.25) is 0 Å². The van der Waals surface area contributed by atoms with E-state index in [4.69, 9.17) is 4.98 Å². The Morgan fingerprint density at radius 1 is 1.12 bits per heavy atom. The monoisotopic (exact) mass is 322 g/mol. The van der Waals surface area contributed by atoms with Crippen LogP contribution in [0.2, 0.25) is 0 Å². The summed E-state index contributed by atoms with van der Waals surface area (Å²) in [7, 11) is 0. The zero-order valence-electron chi connectivity index (χ0n) is 14.4. The number of aromatic nitrogens is 3. The van der Waals surface area contributed by atoms with Crippen molar-refractivity contribution in [3.63, 3.8) is 0 Å². The van der Waals surface area contributed by atoms with E-state index in [1.165, 1.54) is 0 Å². The lowest BCUT2D eigenvalue weighted by Crippen LogP contribution is -2.14. The maximum atomic E-state index is 12.8. The molecule has 0 aliphatic rings. The highest BCUT2D eigenvalue weighted by Crippen LogP contribution is 2.25. The van der Waals surface area contributed by atoms with E-state index in [-0.39, 0.29) is 17.9 Å². The van der Waals surface area contributed by atoms with Gasteiger partial charge in [0.25, 0.3) is 5.91 Å². The molecule has 3 rings (SSSR count). The molecule has 1 amide bonds. The largest absolute Gasteiger partial charge is 0.322 e. The SMILES string of the molecule is CC(C)c1cc(C(=O)Nc2ccccc2)c2cnn(C(C)C)c2n1. The number of carbonyl (C=O) groups is 1. The summed E-state index contributed by atoms with van der Waals surface area (Å²) >= 11 is 0. The average molecular weight is 322 g/mol. The van der Waals surface area contributed by atoms with Gasteiger partial charge in [-0.1, -0.05) is 32.0 Å². The number of para-hydroxylation sites is 1. The molecule has 0 aliphatic carbocycles. The third kappa shape index (κ3) is 3.02.